The number of nitrogens with one attached hydrogen (secondary N) is 3. The van der Waals surface area contributed by atoms with E-state index >= 15 is 0 Å². The maximum Gasteiger partial charge on any atom is 0.325 e. The smallest absolute Gasteiger partial charge is 0.325 e. The minimum absolute atomic E-state index is 0.00230. The van der Waals surface area contributed by atoms with Gasteiger partial charge < -0.3 is 10.6 Å². The molecule has 7 nitrogen and oxygen atoms in total. The molecule has 1 heterocycles. The zero-order valence-corrected chi connectivity index (χ0v) is 14.0. The molecule has 0 bridgehead atoms. The van der Waals surface area contributed by atoms with E-state index in [2.05, 4.69) is 32.7 Å². The molecule has 3 N–H and O–H groups in total. The summed E-state index contributed by atoms with van der Waals surface area (Å²) in [4.78, 5) is 23.4. The molecule has 2 aromatic rings. The zero-order chi connectivity index (χ0) is 17.4. The number of hydrogen-bond acceptors (Lipinski definition) is 7. The third-order valence-corrected chi connectivity index (χ3v) is 4.52. The van der Waals surface area contributed by atoms with E-state index in [0.29, 0.717) is 16.0 Å². The van der Waals surface area contributed by atoms with Crippen LogP contribution in [0.4, 0.5) is 20.0 Å². The topological polar surface area (TPSA) is 96.0 Å². The van der Waals surface area contributed by atoms with Crippen LogP contribution in [0.1, 0.15) is 0 Å². The number of hydrogen-bond donors (Lipinski definition) is 3. The lowest BCUT2D eigenvalue weighted by Crippen LogP contribution is -2.35. The SMILES string of the molecule is C=CCNc1nnc(SCC(=O)NC(=O)Nc2ccccc2F)s1. The van der Waals surface area contributed by atoms with Crippen molar-refractivity contribution in [2.24, 2.45) is 0 Å². The van der Waals surface area contributed by atoms with E-state index in [9.17, 15) is 14.0 Å². The maximum absolute atomic E-state index is 13.4. The molecule has 1 aromatic carbocycles. The van der Waals surface area contributed by atoms with Crippen LogP contribution in [0.3, 0.4) is 0 Å². The van der Waals surface area contributed by atoms with Gasteiger partial charge in [0.1, 0.15) is 5.82 Å². The first-order chi connectivity index (χ1) is 11.6. The number of carbonyl (C=O) groups excluding carboxylic acids is 2. The molecule has 0 atom stereocenters. The summed E-state index contributed by atoms with van der Waals surface area (Å²) in [6.07, 6.45) is 1.69. The van der Waals surface area contributed by atoms with Crippen LogP contribution in [0.25, 0.3) is 0 Å². The van der Waals surface area contributed by atoms with E-state index in [0.717, 1.165) is 11.8 Å². The predicted octanol–water partition coefficient (Wildman–Crippen LogP) is 2.72. The van der Waals surface area contributed by atoms with Crippen LogP contribution >= 0.6 is 23.1 Å². The zero-order valence-electron chi connectivity index (χ0n) is 12.4. The van der Waals surface area contributed by atoms with Gasteiger partial charge in [-0.05, 0) is 12.1 Å². The van der Waals surface area contributed by atoms with Crippen molar-refractivity contribution in [3.05, 3.63) is 42.7 Å². The number of nitrogens with zero attached hydrogens (tertiary/aromatic N) is 2. The first kappa shape index (κ1) is 17.9. The maximum atomic E-state index is 13.4. The minimum Gasteiger partial charge on any atom is -0.357 e. The fourth-order valence-electron chi connectivity index (χ4n) is 1.51. The van der Waals surface area contributed by atoms with E-state index in [-0.39, 0.29) is 11.4 Å². The lowest BCUT2D eigenvalue weighted by atomic mass is 10.3. The van der Waals surface area contributed by atoms with E-state index in [1.165, 1.54) is 29.5 Å². The highest BCUT2D eigenvalue weighted by atomic mass is 32.2. The van der Waals surface area contributed by atoms with E-state index < -0.39 is 17.8 Å². The number of anilines is 2. The number of carbonyl (C=O) groups is 2. The molecule has 0 unspecified atom stereocenters. The molecule has 24 heavy (non-hydrogen) atoms. The van der Waals surface area contributed by atoms with Crippen molar-refractivity contribution in [1.82, 2.24) is 15.5 Å². The Hall–Kier alpha value is -2.46. The van der Waals surface area contributed by atoms with Gasteiger partial charge in [-0.3, -0.25) is 10.1 Å². The third-order valence-electron chi connectivity index (χ3n) is 2.51. The Kier molecular flexibility index (Phi) is 6.70. The molecule has 0 aliphatic carbocycles. The van der Waals surface area contributed by atoms with Crippen LogP contribution in [0.15, 0.2) is 41.3 Å². The molecular formula is C14H14FN5O2S2. The highest BCUT2D eigenvalue weighted by Gasteiger charge is 2.12. The van der Waals surface area contributed by atoms with Gasteiger partial charge in [-0.25, -0.2) is 9.18 Å². The van der Waals surface area contributed by atoms with Gasteiger partial charge in [0.25, 0.3) is 0 Å². The Bertz CT molecular complexity index is 737. The summed E-state index contributed by atoms with van der Waals surface area (Å²) in [6.45, 7) is 4.14. The first-order valence-electron chi connectivity index (χ1n) is 6.75. The molecule has 0 saturated carbocycles. The lowest BCUT2D eigenvalue weighted by molar-refractivity contribution is -0.117. The van der Waals surface area contributed by atoms with Crippen LogP contribution in [0.5, 0.6) is 0 Å². The summed E-state index contributed by atoms with van der Waals surface area (Å²) in [5.74, 6) is -1.12. The van der Waals surface area contributed by atoms with Crippen molar-refractivity contribution in [2.45, 2.75) is 4.34 Å². The Balaban J connectivity index is 1.76. The average Bonchev–Trinajstić information content (AvgIpc) is 3.01. The Morgan fingerprint density at radius 1 is 1.33 bits per heavy atom. The van der Waals surface area contributed by atoms with Crippen molar-refractivity contribution in [2.75, 3.05) is 22.9 Å². The summed E-state index contributed by atoms with van der Waals surface area (Å²) in [5, 5.41) is 15.8. The monoisotopic (exact) mass is 367 g/mol. The highest BCUT2D eigenvalue weighted by molar-refractivity contribution is 8.01. The van der Waals surface area contributed by atoms with Crippen molar-refractivity contribution in [3.8, 4) is 0 Å². The third kappa shape index (κ3) is 5.63. The lowest BCUT2D eigenvalue weighted by Gasteiger charge is -2.06. The summed E-state index contributed by atoms with van der Waals surface area (Å²) in [5.41, 5.74) is -0.00230. The Morgan fingerprint density at radius 3 is 2.88 bits per heavy atom. The summed E-state index contributed by atoms with van der Waals surface area (Å²) < 4.78 is 14.0. The number of amides is 3. The molecule has 0 aliphatic rings. The molecule has 0 spiro atoms. The summed E-state index contributed by atoms with van der Waals surface area (Å²) >= 11 is 2.44. The van der Waals surface area contributed by atoms with E-state index in [4.69, 9.17) is 0 Å². The van der Waals surface area contributed by atoms with Crippen molar-refractivity contribution in [3.63, 3.8) is 0 Å². The van der Waals surface area contributed by atoms with Crippen LogP contribution in [0.2, 0.25) is 0 Å². The largest absolute Gasteiger partial charge is 0.357 e. The van der Waals surface area contributed by atoms with Gasteiger partial charge in [0.15, 0.2) is 4.34 Å². The summed E-state index contributed by atoms with van der Waals surface area (Å²) in [7, 11) is 0. The van der Waals surface area contributed by atoms with Gasteiger partial charge >= 0.3 is 6.03 Å². The van der Waals surface area contributed by atoms with Gasteiger partial charge in [-0.1, -0.05) is 41.3 Å². The number of urea groups is 1. The standard InChI is InChI=1S/C14H14FN5O2S2/c1-2-7-16-13-19-20-14(24-13)23-8-11(21)18-12(22)17-10-6-4-3-5-9(10)15/h2-6H,1,7-8H2,(H,16,19)(H2,17,18,21,22). The fraction of sp³-hybridized carbons (Fsp3) is 0.143. The normalized spacial score (nSPS) is 10.0. The quantitative estimate of drug-likeness (QED) is 0.514. The van der Waals surface area contributed by atoms with Crippen LogP contribution in [-0.4, -0.2) is 34.4 Å². The minimum atomic E-state index is -0.795. The van der Waals surface area contributed by atoms with Gasteiger partial charge in [0, 0.05) is 6.54 Å². The van der Waals surface area contributed by atoms with E-state index in [1.54, 1.807) is 12.1 Å². The molecule has 3 amide bonds. The molecule has 0 radical (unpaired) electrons. The Labute approximate surface area is 145 Å². The second kappa shape index (κ2) is 8.99. The van der Waals surface area contributed by atoms with Crippen molar-refractivity contribution in [1.29, 1.82) is 0 Å². The number of para-hydroxylation sites is 1. The second-order valence-corrected chi connectivity index (χ2v) is 6.51. The number of benzene rings is 1. The number of imide groups is 1. The van der Waals surface area contributed by atoms with Crippen LogP contribution in [0, 0.1) is 5.82 Å². The average molecular weight is 367 g/mol. The fourth-order valence-corrected chi connectivity index (χ4v) is 3.06. The highest BCUT2D eigenvalue weighted by Crippen LogP contribution is 2.25. The second-order valence-electron chi connectivity index (χ2n) is 4.31. The molecule has 0 fully saturated rings. The molecule has 1 aromatic heterocycles. The van der Waals surface area contributed by atoms with Gasteiger partial charge in [0.05, 0.1) is 11.4 Å². The Morgan fingerprint density at radius 2 is 2.12 bits per heavy atom. The first-order valence-corrected chi connectivity index (χ1v) is 8.55. The predicted molar refractivity (Wildman–Crippen MR) is 92.9 cm³/mol. The molecule has 0 aliphatic heterocycles. The van der Waals surface area contributed by atoms with Gasteiger partial charge in [-0.2, -0.15) is 0 Å². The number of rotatable bonds is 7. The van der Waals surface area contributed by atoms with Crippen molar-refractivity contribution >= 4 is 45.9 Å². The number of aromatic nitrogens is 2. The number of thioether (sulfide) groups is 1. The molecule has 2 rings (SSSR count). The molecular weight excluding hydrogens is 353 g/mol. The number of halogens is 1. The van der Waals surface area contributed by atoms with Gasteiger partial charge in [0.2, 0.25) is 11.0 Å². The molecule has 10 heteroatoms. The molecule has 0 saturated heterocycles. The van der Waals surface area contributed by atoms with Crippen molar-refractivity contribution < 1.29 is 14.0 Å². The van der Waals surface area contributed by atoms with Gasteiger partial charge in [-0.15, -0.1) is 16.8 Å². The van der Waals surface area contributed by atoms with Crippen LogP contribution < -0.4 is 16.0 Å². The van der Waals surface area contributed by atoms with E-state index in [1.807, 2.05) is 0 Å². The summed E-state index contributed by atoms with van der Waals surface area (Å²) in [6, 6.07) is 4.88. The molecule has 126 valence electrons. The van der Waals surface area contributed by atoms with Crippen LogP contribution in [-0.2, 0) is 4.79 Å².